The van der Waals surface area contributed by atoms with Gasteiger partial charge >= 0.3 is 0 Å². The van der Waals surface area contributed by atoms with Crippen LogP contribution in [0.25, 0.3) is 0 Å². The quantitative estimate of drug-likeness (QED) is 0.494. The third kappa shape index (κ3) is 3.12. The molecule has 0 spiro atoms. The van der Waals surface area contributed by atoms with Crippen LogP contribution in [0.1, 0.15) is 33.6 Å². The molecule has 1 aliphatic carbocycles. The first-order valence-corrected chi connectivity index (χ1v) is 4.93. The van der Waals surface area contributed by atoms with Crippen LogP contribution >= 0.6 is 0 Å². The van der Waals surface area contributed by atoms with Gasteiger partial charge in [-0.05, 0) is 38.2 Å². The van der Waals surface area contributed by atoms with Crippen molar-refractivity contribution in [1.29, 1.82) is 0 Å². The van der Waals surface area contributed by atoms with Crippen molar-refractivity contribution in [2.24, 2.45) is 5.92 Å². The molecule has 0 aromatic rings. The number of hydrogen-bond acceptors (Lipinski definition) is 2. The lowest BCUT2D eigenvalue weighted by Gasteiger charge is -2.24. The molecule has 1 aliphatic rings. The Morgan fingerprint density at radius 3 is 2.69 bits per heavy atom. The van der Waals surface area contributed by atoms with Gasteiger partial charge in [0.2, 0.25) is 0 Å². The molecular weight excluding hydrogens is 164 g/mol. The minimum Gasteiger partial charge on any atom is -0.354 e. The zero-order valence-electron chi connectivity index (χ0n) is 9.09. The van der Waals surface area contributed by atoms with E-state index in [9.17, 15) is 0 Å². The summed E-state index contributed by atoms with van der Waals surface area (Å²) in [5.41, 5.74) is 1.42. The Morgan fingerprint density at radius 2 is 2.23 bits per heavy atom. The van der Waals surface area contributed by atoms with Gasteiger partial charge in [0, 0.05) is 7.11 Å². The van der Waals surface area contributed by atoms with E-state index >= 15 is 0 Å². The lowest BCUT2D eigenvalue weighted by molar-refractivity contribution is -0.192. The summed E-state index contributed by atoms with van der Waals surface area (Å²) >= 11 is 0. The number of methoxy groups -OCH3 is 1. The molecule has 0 N–H and O–H groups in total. The molecule has 0 aliphatic heterocycles. The van der Waals surface area contributed by atoms with Gasteiger partial charge in [-0.25, -0.2) is 0 Å². The first-order chi connectivity index (χ1) is 6.05. The van der Waals surface area contributed by atoms with E-state index in [0.29, 0.717) is 12.5 Å². The highest BCUT2D eigenvalue weighted by Gasteiger charge is 2.20. The fourth-order valence-electron chi connectivity index (χ4n) is 1.42. The number of allylic oxidation sites excluding steroid dienone is 1. The normalized spacial score (nSPS) is 23.4. The molecule has 2 nitrogen and oxygen atoms in total. The van der Waals surface area contributed by atoms with Crippen LogP contribution in [0.15, 0.2) is 11.6 Å². The van der Waals surface area contributed by atoms with Crippen molar-refractivity contribution in [3.8, 4) is 0 Å². The van der Waals surface area contributed by atoms with Crippen LogP contribution in [-0.4, -0.2) is 19.5 Å². The van der Waals surface area contributed by atoms with E-state index in [2.05, 4.69) is 13.0 Å². The summed E-state index contributed by atoms with van der Waals surface area (Å²) in [5, 5.41) is 0. The summed E-state index contributed by atoms with van der Waals surface area (Å²) < 4.78 is 10.8. The summed E-state index contributed by atoms with van der Waals surface area (Å²) in [6.45, 7) is 6.84. The van der Waals surface area contributed by atoms with E-state index in [-0.39, 0.29) is 0 Å². The van der Waals surface area contributed by atoms with Crippen LogP contribution in [0, 0.1) is 5.92 Å². The Morgan fingerprint density at radius 1 is 1.54 bits per heavy atom. The van der Waals surface area contributed by atoms with Crippen LogP contribution in [-0.2, 0) is 9.47 Å². The van der Waals surface area contributed by atoms with Gasteiger partial charge in [-0.15, -0.1) is 0 Å². The Balaban J connectivity index is 2.34. The molecule has 1 unspecified atom stereocenters. The Bertz CT molecular complexity index is 194. The lowest BCUT2D eigenvalue weighted by Crippen LogP contribution is -2.27. The monoisotopic (exact) mass is 184 g/mol. The minimum atomic E-state index is -0.455. The fourth-order valence-corrected chi connectivity index (χ4v) is 1.42. The van der Waals surface area contributed by atoms with E-state index in [1.165, 1.54) is 18.4 Å². The molecule has 0 bridgehead atoms. The maximum Gasteiger partial charge on any atom is 0.162 e. The van der Waals surface area contributed by atoms with Gasteiger partial charge in [-0.2, -0.15) is 0 Å². The van der Waals surface area contributed by atoms with Crippen molar-refractivity contribution in [2.75, 3.05) is 13.7 Å². The smallest absolute Gasteiger partial charge is 0.162 e. The molecule has 1 atom stereocenters. The van der Waals surface area contributed by atoms with E-state index in [0.717, 1.165) is 0 Å². The van der Waals surface area contributed by atoms with E-state index in [1.54, 1.807) is 7.11 Å². The summed E-state index contributed by atoms with van der Waals surface area (Å²) in [7, 11) is 1.67. The van der Waals surface area contributed by atoms with Crippen LogP contribution in [0.2, 0.25) is 0 Å². The molecule has 0 fully saturated rings. The highest BCUT2D eigenvalue weighted by atomic mass is 16.7. The number of hydrogen-bond donors (Lipinski definition) is 0. The van der Waals surface area contributed by atoms with Gasteiger partial charge in [0.05, 0.1) is 6.61 Å². The maximum absolute atomic E-state index is 5.64. The summed E-state index contributed by atoms with van der Waals surface area (Å²) in [6, 6.07) is 0. The topological polar surface area (TPSA) is 18.5 Å². The Hall–Kier alpha value is -0.340. The second-order valence-electron chi connectivity index (χ2n) is 4.15. The highest BCUT2D eigenvalue weighted by Crippen LogP contribution is 2.26. The lowest BCUT2D eigenvalue weighted by atomic mass is 10.1. The average molecular weight is 184 g/mol. The number of ether oxygens (including phenoxy) is 2. The van der Waals surface area contributed by atoms with Crippen LogP contribution in [0.4, 0.5) is 0 Å². The van der Waals surface area contributed by atoms with Gasteiger partial charge in [0.15, 0.2) is 5.79 Å². The van der Waals surface area contributed by atoms with Gasteiger partial charge in [0.25, 0.3) is 0 Å². The molecule has 0 heterocycles. The second kappa shape index (κ2) is 4.25. The Kier molecular flexibility index (Phi) is 3.51. The molecule has 0 saturated heterocycles. The van der Waals surface area contributed by atoms with Gasteiger partial charge in [0.1, 0.15) is 0 Å². The maximum atomic E-state index is 5.64. The average Bonchev–Trinajstić information content (AvgIpc) is 2.48. The molecule has 0 aromatic heterocycles. The van der Waals surface area contributed by atoms with Gasteiger partial charge < -0.3 is 9.47 Å². The van der Waals surface area contributed by atoms with Crippen molar-refractivity contribution in [3.63, 3.8) is 0 Å². The second-order valence-corrected chi connectivity index (χ2v) is 4.15. The fraction of sp³-hybridized carbons (Fsp3) is 0.818. The standard InChI is InChI=1S/C11H20O2/c1-9-6-5-7-10(9)8-13-11(2,3)12-4/h7,9H,5-6,8H2,1-4H3. The van der Waals surface area contributed by atoms with Gasteiger partial charge in [-0.3, -0.25) is 0 Å². The minimum absolute atomic E-state index is 0.455. The molecular formula is C11H20O2. The molecule has 13 heavy (non-hydrogen) atoms. The summed E-state index contributed by atoms with van der Waals surface area (Å²) in [5.74, 6) is 0.232. The number of rotatable bonds is 4. The van der Waals surface area contributed by atoms with E-state index in [1.807, 2.05) is 13.8 Å². The predicted octanol–water partition coefficient (Wildman–Crippen LogP) is 2.74. The summed E-state index contributed by atoms with van der Waals surface area (Å²) in [4.78, 5) is 0. The van der Waals surface area contributed by atoms with Crippen LogP contribution in [0.5, 0.6) is 0 Å². The largest absolute Gasteiger partial charge is 0.354 e. The van der Waals surface area contributed by atoms with Gasteiger partial charge in [-0.1, -0.05) is 13.0 Å². The van der Waals surface area contributed by atoms with Crippen LogP contribution < -0.4 is 0 Å². The van der Waals surface area contributed by atoms with E-state index < -0.39 is 5.79 Å². The SMILES string of the molecule is COC(C)(C)OCC1=CCCC1C. The van der Waals surface area contributed by atoms with Crippen LogP contribution in [0.3, 0.4) is 0 Å². The molecule has 1 rings (SSSR count). The molecule has 0 saturated carbocycles. The molecule has 2 heteroatoms. The summed E-state index contributed by atoms with van der Waals surface area (Å²) in [6.07, 6.45) is 4.76. The first kappa shape index (κ1) is 10.7. The van der Waals surface area contributed by atoms with Crippen molar-refractivity contribution in [3.05, 3.63) is 11.6 Å². The zero-order valence-corrected chi connectivity index (χ0v) is 9.09. The van der Waals surface area contributed by atoms with Crippen molar-refractivity contribution in [1.82, 2.24) is 0 Å². The van der Waals surface area contributed by atoms with Crippen molar-refractivity contribution < 1.29 is 9.47 Å². The molecule has 0 amide bonds. The van der Waals surface area contributed by atoms with E-state index in [4.69, 9.17) is 9.47 Å². The third-order valence-corrected chi connectivity index (χ3v) is 2.72. The Labute approximate surface area is 80.9 Å². The third-order valence-electron chi connectivity index (χ3n) is 2.72. The van der Waals surface area contributed by atoms with Crippen molar-refractivity contribution >= 4 is 0 Å². The predicted molar refractivity (Wildman–Crippen MR) is 53.5 cm³/mol. The first-order valence-electron chi connectivity index (χ1n) is 4.93. The van der Waals surface area contributed by atoms with Crippen molar-refractivity contribution in [2.45, 2.75) is 39.4 Å². The molecule has 76 valence electrons. The highest BCUT2D eigenvalue weighted by molar-refractivity contribution is 5.11. The molecule has 0 radical (unpaired) electrons. The molecule has 0 aromatic carbocycles. The zero-order chi connectivity index (χ0) is 9.90.